The lowest BCUT2D eigenvalue weighted by molar-refractivity contribution is 0.212. The third kappa shape index (κ3) is 3.57. The minimum absolute atomic E-state index is 0.313. The minimum Gasteiger partial charge on any atom is -0.354 e. The summed E-state index contributed by atoms with van der Waals surface area (Å²) in [7, 11) is 0. The number of nitrogens with zero attached hydrogens (tertiary/aromatic N) is 3. The zero-order valence-electron chi connectivity index (χ0n) is 14.3. The molecule has 3 nitrogen and oxygen atoms in total. The van der Waals surface area contributed by atoms with Crippen molar-refractivity contribution in [3.05, 3.63) is 96.2 Å². The van der Waals surface area contributed by atoms with E-state index >= 15 is 0 Å². The predicted molar refractivity (Wildman–Crippen MR) is 103 cm³/mol. The van der Waals surface area contributed by atoms with Crippen LogP contribution in [0.1, 0.15) is 17.2 Å². The zero-order chi connectivity index (χ0) is 16.9. The number of hydrogen-bond acceptors (Lipinski definition) is 3. The topological polar surface area (TPSA) is 19.4 Å². The van der Waals surface area contributed by atoms with Crippen LogP contribution in [0.2, 0.25) is 0 Å². The third-order valence-electron chi connectivity index (χ3n) is 4.88. The molecule has 0 N–H and O–H groups in total. The van der Waals surface area contributed by atoms with Gasteiger partial charge in [-0.3, -0.25) is 4.90 Å². The Bertz CT molecular complexity index is 727. The second-order valence-electron chi connectivity index (χ2n) is 6.43. The fourth-order valence-corrected chi connectivity index (χ4v) is 3.63. The summed E-state index contributed by atoms with van der Waals surface area (Å²) < 4.78 is 0. The third-order valence-corrected chi connectivity index (χ3v) is 4.88. The lowest BCUT2D eigenvalue weighted by Gasteiger charge is -2.40. The van der Waals surface area contributed by atoms with Crippen LogP contribution in [0.15, 0.2) is 85.1 Å². The van der Waals surface area contributed by atoms with Gasteiger partial charge in [0.05, 0.1) is 6.04 Å². The van der Waals surface area contributed by atoms with E-state index in [0.29, 0.717) is 6.04 Å². The smallest absolute Gasteiger partial charge is 0.128 e. The highest BCUT2D eigenvalue weighted by Crippen LogP contribution is 2.29. The van der Waals surface area contributed by atoms with Crippen LogP contribution in [0.3, 0.4) is 0 Å². The number of aromatic nitrogens is 1. The van der Waals surface area contributed by atoms with Crippen LogP contribution in [0.4, 0.5) is 5.82 Å². The molecule has 0 amide bonds. The van der Waals surface area contributed by atoms with Crippen molar-refractivity contribution in [2.75, 3.05) is 31.1 Å². The highest BCUT2D eigenvalue weighted by atomic mass is 15.3. The molecule has 3 aromatic rings. The molecule has 3 heteroatoms. The van der Waals surface area contributed by atoms with Gasteiger partial charge in [0, 0.05) is 32.4 Å². The molecule has 1 saturated heterocycles. The first-order chi connectivity index (χ1) is 12.4. The van der Waals surface area contributed by atoms with Gasteiger partial charge in [0.15, 0.2) is 0 Å². The molecule has 1 aliphatic heterocycles. The molecule has 0 atom stereocenters. The summed E-state index contributed by atoms with van der Waals surface area (Å²) in [5.74, 6) is 1.08. The average molecular weight is 329 g/mol. The second-order valence-corrected chi connectivity index (χ2v) is 6.43. The lowest BCUT2D eigenvalue weighted by atomic mass is 9.96. The Kier molecular flexibility index (Phi) is 4.75. The Labute approximate surface area is 149 Å². The van der Waals surface area contributed by atoms with Crippen molar-refractivity contribution < 1.29 is 0 Å². The number of pyridine rings is 1. The number of piperazine rings is 1. The van der Waals surface area contributed by atoms with Crippen LogP contribution in [0, 0.1) is 0 Å². The molecule has 0 radical (unpaired) electrons. The SMILES string of the molecule is c1ccc(C(c2ccccc2)N2CCN(c3ccccn3)CC2)cc1. The van der Waals surface area contributed by atoms with Crippen molar-refractivity contribution >= 4 is 5.82 Å². The molecule has 0 unspecified atom stereocenters. The molecule has 25 heavy (non-hydrogen) atoms. The fraction of sp³-hybridized carbons (Fsp3) is 0.227. The Morgan fingerprint density at radius 2 is 1.20 bits per heavy atom. The van der Waals surface area contributed by atoms with Gasteiger partial charge in [-0.1, -0.05) is 66.7 Å². The van der Waals surface area contributed by atoms with Crippen LogP contribution in [0.25, 0.3) is 0 Å². The molecule has 0 saturated carbocycles. The van der Waals surface area contributed by atoms with Crippen LogP contribution in [-0.4, -0.2) is 36.1 Å². The molecule has 1 aromatic heterocycles. The zero-order valence-corrected chi connectivity index (χ0v) is 14.3. The molecule has 0 aliphatic carbocycles. The Balaban J connectivity index is 1.55. The first-order valence-corrected chi connectivity index (χ1v) is 8.92. The summed E-state index contributed by atoms with van der Waals surface area (Å²) in [4.78, 5) is 9.46. The van der Waals surface area contributed by atoms with Gasteiger partial charge >= 0.3 is 0 Å². The lowest BCUT2D eigenvalue weighted by Crippen LogP contribution is -2.48. The van der Waals surface area contributed by atoms with Crippen LogP contribution < -0.4 is 4.90 Å². The van der Waals surface area contributed by atoms with Gasteiger partial charge in [-0.2, -0.15) is 0 Å². The normalized spacial score (nSPS) is 15.5. The maximum absolute atomic E-state index is 4.50. The van der Waals surface area contributed by atoms with Crippen molar-refractivity contribution in [1.29, 1.82) is 0 Å². The minimum atomic E-state index is 0.313. The van der Waals surface area contributed by atoms with Crippen molar-refractivity contribution in [2.45, 2.75) is 6.04 Å². The summed E-state index contributed by atoms with van der Waals surface area (Å²) >= 11 is 0. The molecular weight excluding hydrogens is 306 g/mol. The van der Waals surface area contributed by atoms with E-state index in [-0.39, 0.29) is 0 Å². The van der Waals surface area contributed by atoms with E-state index in [1.165, 1.54) is 11.1 Å². The van der Waals surface area contributed by atoms with Gasteiger partial charge in [0.25, 0.3) is 0 Å². The van der Waals surface area contributed by atoms with Gasteiger partial charge in [-0.05, 0) is 23.3 Å². The summed E-state index contributed by atoms with van der Waals surface area (Å²) in [5, 5.41) is 0. The maximum atomic E-state index is 4.50. The van der Waals surface area contributed by atoms with Crippen LogP contribution in [-0.2, 0) is 0 Å². The van der Waals surface area contributed by atoms with Gasteiger partial charge < -0.3 is 4.90 Å². The summed E-state index contributed by atoms with van der Waals surface area (Å²) in [6.45, 7) is 4.08. The van der Waals surface area contributed by atoms with E-state index in [1.54, 1.807) is 0 Å². The molecule has 2 heterocycles. The number of anilines is 1. The van der Waals surface area contributed by atoms with Crippen LogP contribution in [0.5, 0.6) is 0 Å². The summed E-state index contributed by atoms with van der Waals surface area (Å²) in [6.07, 6.45) is 1.87. The van der Waals surface area contributed by atoms with E-state index in [9.17, 15) is 0 Å². The van der Waals surface area contributed by atoms with E-state index in [4.69, 9.17) is 0 Å². The largest absolute Gasteiger partial charge is 0.354 e. The van der Waals surface area contributed by atoms with E-state index in [0.717, 1.165) is 32.0 Å². The van der Waals surface area contributed by atoms with Gasteiger partial charge in [0.2, 0.25) is 0 Å². The maximum Gasteiger partial charge on any atom is 0.128 e. The molecule has 0 bridgehead atoms. The Morgan fingerprint density at radius 1 is 0.640 bits per heavy atom. The van der Waals surface area contributed by atoms with Gasteiger partial charge in [-0.25, -0.2) is 4.98 Å². The Morgan fingerprint density at radius 3 is 1.72 bits per heavy atom. The predicted octanol–water partition coefficient (Wildman–Crippen LogP) is 3.99. The highest BCUT2D eigenvalue weighted by Gasteiger charge is 2.26. The first kappa shape index (κ1) is 15.9. The van der Waals surface area contributed by atoms with Crippen molar-refractivity contribution in [3.8, 4) is 0 Å². The van der Waals surface area contributed by atoms with Crippen molar-refractivity contribution in [2.24, 2.45) is 0 Å². The molecule has 126 valence electrons. The van der Waals surface area contributed by atoms with E-state index in [1.807, 2.05) is 12.3 Å². The fourth-order valence-electron chi connectivity index (χ4n) is 3.63. The van der Waals surface area contributed by atoms with E-state index in [2.05, 4.69) is 87.6 Å². The van der Waals surface area contributed by atoms with Gasteiger partial charge in [-0.15, -0.1) is 0 Å². The molecular formula is C22H23N3. The molecule has 0 spiro atoms. The second kappa shape index (κ2) is 7.49. The van der Waals surface area contributed by atoms with E-state index < -0.39 is 0 Å². The molecule has 1 fully saturated rings. The number of benzene rings is 2. The summed E-state index contributed by atoms with van der Waals surface area (Å²) in [6, 6.07) is 28.1. The number of rotatable bonds is 4. The van der Waals surface area contributed by atoms with Crippen molar-refractivity contribution in [1.82, 2.24) is 9.88 Å². The first-order valence-electron chi connectivity index (χ1n) is 8.92. The standard InChI is InChI=1S/C22H23N3/c1-3-9-19(10-4-1)22(20-11-5-2-6-12-20)25-17-15-24(16-18-25)21-13-7-8-14-23-21/h1-14,22H,15-18H2. The van der Waals surface area contributed by atoms with Gasteiger partial charge in [0.1, 0.15) is 5.82 Å². The summed E-state index contributed by atoms with van der Waals surface area (Å²) in [5.41, 5.74) is 2.72. The highest BCUT2D eigenvalue weighted by molar-refractivity contribution is 5.39. The van der Waals surface area contributed by atoms with Crippen molar-refractivity contribution in [3.63, 3.8) is 0 Å². The molecule has 2 aromatic carbocycles. The Hall–Kier alpha value is -2.65. The average Bonchev–Trinajstić information content (AvgIpc) is 2.71. The monoisotopic (exact) mass is 329 g/mol. The quantitative estimate of drug-likeness (QED) is 0.721. The molecule has 4 rings (SSSR count). The number of hydrogen-bond donors (Lipinski definition) is 0. The van der Waals surface area contributed by atoms with Crippen LogP contribution >= 0.6 is 0 Å². The molecule has 1 aliphatic rings.